The molecule has 2 aromatic rings. The first-order chi connectivity index (χ1) is 10.4. The van der Waals surface area contributed by atoms with Gasteiger partial charge in [-0.3, -0.25) is 4.79 Å². The lowest BCUT2D eigenvalue weighted by Crippen LogP contribution is -2.41. The number of aromatic amines is 1. The highest BCUT2D eigenvalue weighted by molar-refractivity contribution is 6.02. The summed E-state index contributed by atoms with van der Waals surface area (Å²) in [6, 6.07) is 3.55. The molecule has 0 unspecified atom stereocenters. The predicted octanol–water partition coefficient (Wildman–Crippen LogP) is 2.46. The quantitative estimate of drug-likeness (QED) is 0.536. The van der Waals surface area contributed by atoms with Crippen molar-refractivity contribution in [2.24, 2.45) is 0 Å². The molecule has 5 heteroatoms. The zero-order valence-corrected chi connectivity index (χ0v) is 13.6. The number of hydrogen-bond donors (Lipinski definition) is 1. The first-order valence-corrected chi connectivity index (χ1v) is 7.16. The number of nitrogens with one attached hydrogen (secondary N) is 1. The topological polar surface area (TPSA) is 63.0 Å². The van der Waals surface area contributed by atoms with Gasteiger partial charge < -0.3 is 9.72 Å². The van der Waals surface area contributed by atoms with Crippen molar-refractivity contribution in [1.82, 2.24) is 4.98 Å². The molecular weight excluding hydrogens is 280 g/mol. The summed E-state index contributed by atoms with van der Waals surface area (Å²) >= 11 is 0. The maximum atomic E-state index is 12.7. The van der Waals surface area contributed by atoms with Gasteiger partial charge >= 0.3 is 5.97 Å². The predicted molar refractivity (Wildman–Crippen MR) is 82.0 cm³/mol. The van der Waals surface area contributed by atoms with Crippen LogP contribution in [0.3, 0.4) is 0 Å². The van der Waals surface area contributed by atoms with E-state index < -0.39 is 5.97 Å². The van der Waals surface area contributed by atoms with Crippen molar-refractivity contribution in [2.45, 2.75) is 33.7 Å². The molecule has 22 heavy (non-hydrogen) atoms. The Bertz CT molecular complexity index is 714. The fourth-order valence-electron chi connectivity index (χ4n) is 2.52. The van der Waals surface area contributed by atoms with Crippen molar-refractivity contribution >= 4 is 11.8 Å². The Labute approximate surface area is 129 Å². The fourth-order valence-corrected chi connectivity index (χ4v) is 2.52. The van der Waals surface area contributed by atoms with Crippen LogP contribution in [0.25, 0.3) is 0 Å². The zero-order chi connectivity index (χ0) is 16.4. The smallest absolute Gasteiger partial charge is 0.339 e. The van der Waals surface area contributed by atoms with Gasteiger partial charge in [0.2, 0.25) is 11.8 Å². The summed E-state index contributed by atoms with van der Waals surface area (Å²) in [4.78, 5) is 27.6. The second-order valence-electron chi connectivity index (χ2n) is 5.48. The number of aromatic nitrogens is 2. The second kappa shape index (κ2) is 6.13. The van der Waals surface area contributed by atoms with Gasteiger partial charge in [-0.1, -0.05) is 0 Å². The van der Waals surface area contributed by atoms with Crippen LogP contribution < -0.4 is 4.57 Å². The monoisotopic (exact) mass is 301 g/mol. The number of Topliss-reactive ketones (excluding diaryl/α,β-unsaturated/α-hetero) is 1. The number of ketones is 1. The number of aryl methyl sites for hydroxylation is 2. The summed E-state index contributed by atoms with van der Waals surface area (Å²) in [5.74, 6) is -0.495. The molecule has 0 aliphatic carbocycles. The summed E-state index contributed by atoms with van der Waals surface area (Å²) in [7, 11) is 1.33. The van der Waals surface area contributed by atoms with E-state index in [1.807, 2.05) is 42.9 Å². The third-order valence-electron chi connectivity index (χ3n) is 3.92. The van der Waals surface area contributed by atoms with Gasteiger partial charge in [-0.2, -0.15) is 4.57 Å². The van der Waals surface area contributed by atoms with Gasteiger partial charge in [0.05, 0.1) is 18.4 Å². The summed E-state index contributed by atoms with van der Waals surface area (Å²) in [6.07, 6.45) is 3.76. The second-order valence-corrected chi connectivity index (χ2v) is 5.48. The maximum Gasteiger partial charge on any atom is 0.339 e. The Hall–Kier alpha value is -2.43. The number of nitrogens with zero attached hydrogens (tertiary/aromatic N) is 1. The molecular formula is C17H21N2O3+. The number of rotatable bonds is 4. The standard InChI is InChI=1S/C17H20N2O3/c1-10-6-8-19(9-7-10)13(4)16(20)15-11(2)14(12(3)18-15)17(21)22-5/h6-9,13H,1-5H3/p+1/t13-/m1/s1. The van der Waals surface area contributed by atoms with Gasteiger partial charge in [0.15, 0.2) is 12.4 Å². The summed E-state index contributed by atoms with van der Waals surface area (Å²) in [6.45, 7) is 7.36. The molecule has 0 aliphatic rings. The van der Waals surface area contributed by atoms with Crippen molar-refractivity contribution in [1.29, 1.82) is 0 Å². The minimum atomic E-state index is -0.430. The molecule has 0 radical (unpaired) electrons. The zero-order valence-electron chi connectivity index (χ0n) is 13.6. The number of methoxy groups -OCH3 is 1. The van der Waals surface area contributed by atoms with Crippen molar-refractivity contribution < 1.29 is 18.9 Å². The number of esters is 1. The first-order valence-electron chi connectivity index (χ1n) is 7.16. The molecule has 5 nitrogen and oxygen atoms in total. The van der Waals surface area contributed by atoms with Crippen LogP contribution in [0, 0.1) is 20.8 Å². The number of carbonyl (C=O) groups excluding carboxylic acids is 2. The molecule has 0 saturated carbocycles. The minimum Gasteiger partial charge on any atom is -0.465 e. The van der Waals surface area contributed by atoms with Crippen molar-refractivity contribution in [3.63, 3.8) is 0 Å². The maximum absolute atomic E-state index is 12.7. The minimum absolute atomic E-state index is 0.0652. The Morgan fingerprint density at radius 3 is 2.32 bits per heavy atom. The van der Waals surface area contributed by atoms with E-state index in [9.17, 15) is 9.59 Å². The van der Waals surface area contributed by atoms with E-state index in [0.717, 1.165) is 5.56 Å². The Morgan fingerprint density at radius 2 is 1.77 bits per heavy atom. The Kier molecular flexibility index (Phi) is 4.45. The van der Waals surface area contributed by atoms with Crippen LogP contribution in [-0.4, -0.2) is 23.8 Å². The molecule has 0 saturated heterocycles. The summed E-state index contributed by atoms with van der Waals surface area (Å²) in [5, 5.41) is 0. The van der Waals surface area contributed by atoms with Crippen LogP contribution in [-0.2, 0) is 4.74 Å². The lowest BCUT2D eigenvalue weighted by atomic mass is 10.0. The van der Waals surface area contributed by atoms with Gasteiger partial charge in [0.25, 0.3) is 0 Å². The summed E-state index contributed by atoms with van der Waals surface area (Å²) < 4.78 is 6.62. The number of hydrogen-bond acceptors (Lipinski definition) is 3. The molecule has 2 heterocycles. The van der Waals surface area contributed by atoms with E-state index in [0.29, 0.717) is 22.5 Å². The van der Waals surface area contributed by atoms with Crippen molar-refractivity contribution in [3.05, 3.63) is 52.6 Å². The van der Waals surface area contributed by atoms with Gasteiger partial charge in [0.1, 0.15) is 0 Å². The van der Waals surface area contributed by atoms with E-state index >= 15 is 0 Å². The molecule has 0 bridgehead atoms. The SMILES string of the molecule is COC(=O)c1c(C)[nH]c(C(=O)[C@@H](C)[n+]2ccc(C)cc2)c1C. The highest BCUT2D eigenvalue weighted by Crippen LogP contribution is 2.21. The van der Waals surface area contributed by atoms with E-state index in [-0.39, 0.29) is 11.8 Å². The Balaban J connectivity index is 2.37. The number of pyridine rings is 1. The molecule has 1 N–H and O–H groups in total. The lowest BCUT2D eigenvalue weighted by Gasteiger charge is -2.06. The number of ether oxygens (including phenoxy) is 1. The molecule has 0 amide bonds. The average molecular weight is 301 g/mol. The van der Waals surface area contributed by atoms with Crippen LogP contribution in [0.4, 0.5) is 0 Å². The lowest BCUT2D eigenvalue weighted by molar-refractivity contribution is -0.704. The van der Waals surface area contributed by atoms with Crippen LogP contribution in [0.2, 0.25) is 0 Å². The average Bonchev–Trinajstić information content (AvgIpc) is 2.80. The van der Waals surface area contributed by atoms with Gasteiger partial charge in [-0.25, -0.2) is 4.79 Å². The van der Waals surface area contributed by atoms with Crippen LogP contribution >= 0.6 is 0 Å². The number of carbonyl (C=O) groups is 2. The van der Waals surface area contributed by atoms with E-state index in [4.69, 9.17) is 4.74 Å². The fraction of sp³-hybridized carbons (Fsp3) is 0.353. The van der Waals surface area contributed by atoms with Gasteiger partial charge in [-0.05, 0) is 31.9 Å². The third-order valence-corrected chi connectivity index (χ3v) is 3.92. The highest BCUT2D eigenvalue weighted by atomic mass is 16.5. The van der Waals surface area contributed by atoms with Crippen molar-refractivity contribution in [3.8, 4) is 0 Å². The van der Waals surface area contributed by atoms with Gasteiger partial charge in [-0.15, -0.1) is 0 Å². The molecule has 1 atom stereocenters. The van der Waals surface area contributed by atoms with Crippen LogP contribution in [0.1, 0.15) is 50.6 Å². The Morgan fingerprint density at radius 1 is 1.18 bits per heavy atom. The molecule has 0 aromatic carbocycles. The molecule has 2 aromatic heterocycles. The third kappa shape index (κ3) is 2.79. The molecule has 0 fully saturated rings. The highest BCUT2D eigenvalue weighted by Gasteiger charge is 2.29. The summed E-state index contributed by atoms with van der Waals surface area (Å²) in [5.41, 5.74) is 3.31. The van der Waals surface area contributed by atoms with Crippen molar-refractivity contribution in [2.75, 3.05) is 7.11 Å². The first kappa shape index (κ1) is 15.9. The molecule has 2 rings (SSSR count). The normalized spacial score (nSPS) is 12.0. The number of H-pyrrole nitrogens is 1. The largest absolute Gasteiger partial charge is 0.465 e. The van der Waals surface area contributed by atoms with Crippen LogP contribution in [0.5, 0.6) is 0 Å². The van der Waals surface area contributed by atoms with E-state index in [1.165, 1.54) is 7.11 Å². The molecule has 0 aliphatic heterocycles. The van der Waals surface area contributed by atoms with Gasteiger partial charge in [0, 0.05) is 24.8 Å². The van der Waals surface area contributed by atoms with Crippen LogP contribution in [0.15, 0.2) is 24.5 Å². The molecule has 0 spiro atoms. The van der Waals surface area contributed by atoms with E-state index in [1.54, 1.807) is 13.8 Å². The molecule has 116 valence electrons. The van der Waals surface area contributed by atoms with E-state index in [2.05, 4.69) is 4.98 Å².